The van der Waals surface area contributed by atoms with Crippen LogP contribution in [0.1, 0.15) is 14.3 Å². The minimum absolute atomic E-state index is 0. The maximum atomic E-state index is 14.3. The topological polar surface area (TPSA) is 172 Å². The molecule has 1 aliphatic rings. The molecule has 3 rings (SSSR count). The van der Waals surface area contributed by atoms with Crippen LogP contribution in [0.5, 0.6) is 0 Å². The second-order valence-electron chi connectivity index (χ2n) is 6.96. The van der Waals surface area contributed by atoms with Gasteiger partial charge in [0.05, 0.1) is 30.7 Å². The minimum atomic E-state index is -4.10. The predicted molar refractivity (Wildman–Crippen MR) is 129 cm³/mol. The number of halogens is 2. The van der Waals surface area contributed by atoms with Crippen LogP contribution in [-0.2, 0) is 32.0 Å². The number of carboxylic acids is 1. The number of nitrogens with zero attached hydrogens (tertiary/aromatic N) is 3. The Morgan fingerprint density at radius 3 is 2.56 bits per heavy atom. The summed E-state index contributed by atoms with van der Waals surface area (Å²) in [5.41, 5.74) is 0.0829. The van der Waals surface area contributed by atoms with Crippen molar-refractivity contribution < 1.29 is 91.0 Å². The number of nitrogens with one attached hydrogen (secondary N) is 1. The third kappa shape index (κ3) is 11.2. The molecule has 0 aliphatic carbocycles. The number of benzene rings is 1. The first-order chi connectivity index (χ1) is 16.4. The summed E-state index contributed by atoms with van der Waals surface area (Å²) in [4.78, 5) is 54.6. The first-order valence-electron chi connectivity index (χ1n) is 9.92. The van der Waals surface area contributed by atoms with Crippen molar-refractivity contribution in [3.63, 3.8) is 0 Å². The van der Waals surface area contributed by atoms with Gasteiger partial charge < -0.3 is 21.1 Å². The Kier molecular flexibility index (Phi) is 14.9. The van der Waals surface area contributed by atoms with Crippen LogP contribution in [-0.4, -0.2) is 61.9 Å². The molecule has 0 amide bonds. The van der Waals surface area contributed by atoms with Crippen molar-refractivity contribution in [3.8, 4) is 0 Å². The Balaban J connectivity index is 0.000000930. The van der Waals surface area contributed by atoms with Crippen LogP contribution >= 0.6 is 42.3 Å². The number of aromatic nitrogens is 2. The molecular formula is C18H24ClFKN4O8PS2. The maximum Gasteiger partial charge on any atom is 1.00 e. The van der Waals surface area contributed by atoms with Crippen LogP contribution in [0.2, 0.25) is 5.02 Å². The second kappa shape index (κ2) is 15.9. The zero-order valence-electron chi connectivity index (χ0n) is 20.3. The third-order valence-corrected chi connectivity index (χ3v) is 7.24. The number of carbonyl (C=O) groups excluding carboxylic acids is 1. The van der Waals surface area contributed by atoms with Crippen LogP contribution in [0.4, 0.5) is 10.1 Å². The van der Waals surface area contributed by atoms with E-state index in [0.29, 0.717) is 22.8 Å². The summed E-state index contributed by atoms with van der Waals surface area (Å²) in [5.74, 6) is -2.07. The molecule has 0 radical (unpaired) electrons. The molecule has 0 fully saturated rings. The van der Waals surface area contributed by atoms with Crippen LogP contribution in [0.15, 0.2) is 26.8 Å². The summed E-state index contributed by atoms with van der Waals surface area (Å²) in [6.07, 6.45) is 1.30. The van der Waals surface area contributed by atoms with Crippen molar-refractivity contribution in [2.75, 3.05) is 25.7 Å². The van der Waals surface area contributed by atoms with E-state index in [1.807, 2.05) is 0 Å². The van der Waals surface area contributed by atoms with E-state index in [4.69, 9.17) is 26.5 Å². The van der Waals surface area contributed by atoms with Gasteiger partial charge in [0, 0.05) is 18.0 Å². The number of fused-ring (bicyclic) bond motifs is 1. The van der Waals surface area contributed by atoms with Gasteiger partial charge in [0.2, 0.25) is 4.80 Å². The fourth-order valence-corrected chi connectivity index (χ4v) is 5.13. The average Bonchev–Trinajstić information content (AvgIpc) is 3.09. The van der Waals surface area contributed by atoms with E-state index in [9.17, 15) is 23.3 Å². The zero-order chi connectivity index (χ0) is 26.2. The first kappa shape index (κ1) is 33.7. The maximum absolute atomic E-state index is 14.3. The van der Waals surface area contributed by atoms with E-state index in [2.05, 4.69) is 15.0 Å². The molecule has 0 saturated carbocycles. The monoisotopic (exact) mass is 612 g/mol. The summed E-state index contributed by atoms with van der Waals surface area (Å²) in [6.45, 7) is 0.885. The molecule has 1 aromatic carbocycles. The third-order valence-electron chi connectivity index (χ3n) is 4.28. The molecule has 2 heterocycles. The van der Waals surface area contributed by atoms with E-state index >= 15 is 0 Å². The summed E-state index contributed by atoms with van der Waals surface area (Å²) >= 11 is 8.17. The zero-order valence-corrected chi connectivity index (χ0v) is 25.8. The number of aliphatic carboxylic acids is 1. The molecule has 4 N–H and O–H groups in total. The minimum Gasteiger partial charge on any atom is -1.00 e. The van der Waals surface area contributed by atoms with E-state index in [0.717, 1.165) is 42.0 Å². The molecule has 36 heavy (non-hydrogen) atoms. The fourth-order valence-electron chi connectivity index (χ4n) is 2.74. The number of carboxylic acid groups (broad SMARTS) is 1. The molecule has 0 spiro atoms. The number of rotatable bonds is 8. The summed E-state index contributed by atoms with van der Waals surface area (Å²) < 4.78 is 32.3. The molecule has 18 heteroatoms. The number of thioether (sulfide) groups is 1. The van der Waals surface area contributed by atoms with Crippen LogP contribution in [0.25, 0.3) is 0 Å². The standard InChI is InChI=1S/C15H15ClFN3O3S2.C3H8NO5P.K.H/c1-23-13(21)8-24-12-7-11(10(17)6-9(12)16)18-14-19-4-2-3-5-20(19)15(22)25-14;5-3(6)1-4-2-10(7,8)9;;/h6-7H,2-5,8H2,1H3;4H,1-2H2,(H,5,6)(H2,7,8,9);;/q;;+1;-1. The normalized spacial score (nSPS) is 13.2. The van der Waals surface area contributed by atoms with Crippen molar-refractivity contribution in [1.82, 2.24) is 14.7 Å². The summed E-state index contributed by atoms with van der Waals surface area (Å²) in [7, 11) is -2.80. The molecule has 196 valence electrons. The molecule has 0 unspecified atom stereocenters. The summed E-state index contributed by atoms with van der Waals surface area (Å²) in [6, 6.07) is 2.64. The number of methoxy groups -OCH3 is 1. The van der Waals surface area contributed by atoms with Gasteiger partial charge in [0.25, 0.3) is 0 Å². The Bertz CT molecular complexity index is 1260. The second-order valence-corrected chi connectivity index (χ2v) is 10.9. The van der Waals surface area contributed by atoms with Crippen molar-refractivity contribution in [1.29, 1.82) is 0 Å². The number of hydrogen-bond donors (Lipinski definition) is 4. The van der Waals surface area contributed by atoms with Crippen LogP contribution in [0, 0.1) is 5.82 Å². The Hall–Kier alpha value is -0.364. The predicted octanol–water partition coefficient (Wildman–Crippen LogP) is -1.29. The average molecular weight is 613 g/mol. The number of hydrogen-bond acceptors (Lipinski definition) is 9. The molecule has 12 nitrogen and oxygen atoms in total. The molecule has 2 aromatic rings. The molecular weight excluding hydrogens is 589 g/mol. The molecule has 0 bridgehead atoms. The number of esters is 1. The first-order valence-corrected chi connectivity index (χ1v) is 13.9. The number of carbonyl (C=O) groups is 2. The van der Waals surface area contributed by atoms with Crippen molar-refractivity contribution in [3.05, 3.63) is 37.4 Å². The smallest absolute Gasteiger partial charge is 1.00 e. The van der Waals surface area contributed by atoms with Gasteiger partial charge in [-0.3, -0.25) is 28.9 Å². The largest absolute Gasteiger partial charge is 1.00 e. The number of ether oxygens (including phenoxy) is 1. The van der Waals surface area contributed by atoms with Crippen LogP contribution < -0.4 is 66.4 Å². The molecule has 0 saturated heterocycles. The fraction of sp³-hybridized carbons (Fsp3) is 0.444. The summed E-state index contributed by atoms with van der Waals surface area (Å²) in [5, 5.41) is 10.3. The van der Waals surface area contributed by atoms with Gasteiger partial charge >= 0.3 is 75.8 Å². The van der Waals surface area contributed by atoms with Gasteiger partial charge in [0.15, 0.2) is 0 Å². The van der Waals surface area contributed by atoms with E-state index < -0.39 is 38.2 Å². The SMILES string of the molecule is COC(=O)CSc1cc(N=c2sc(=O)n3n2CCCC3)c(F)cc1Cl.O=C(O)CNCP(=O)(O)O.[H-].[K+]. The molecule has 1 aliphatic heterocycles. The van der Waals surface area contributed by atoms with Gasteiger partial charge in [-0.2, -0.15) is 0 Å². The molecule has 0 atom stereocenters. The molecule has 1 aromatic heterocycles. The van der Waals surface area contributed by atoms with Gasteiger partial charge in [0.1, 0.15) is 11.5 Å². The Morgan fingerprint density at radius 1 is 1.33 bits per heavy atom. The van der Waals surface area contributed by atoms with E-state index in [1.54, 1.807) is 9.36 Å². The Morgan fingerprint density at radius 2 is 1.97 bits per heavy atom. The van der Waals surface area contributed by atoms with Crippen molar-refractivity contribution >= 4 is 59.9 Å². The van der Waals surface area contributed by atoms with Crippen molar-refractivity contribution in [2.24, 2.45) is 4.99 Å². The van der Waals surface area contributed by atoms with Gasteiger partial charge in [-0.05, 0) is 36.3 Å². The van der Waals surface area contributed by atoms with Gasteiger partial charge in [-0.15, -0.1) is 11.8 Å². The van der Waals surface area contributed by atoms with Gasteiger partial charge in [-0.1, -0.05) is 11.6 Å². The van der Waals surface area contributed by atoms with Gasteiger partial charge in [-0.25, -0.2) is 14.1 Å². The van der Waals surface area contributed by atoms with Crippen LogP contribution in [0.3, 0.4) is 0 Å². The quantitative estimate of drug-likeness (QED) is 0.122. The van der Waals surface area contributed by atoms with Crippen molar-refractivity contribution in [2.45, 2.75) is 30.8 Å². The van der Waals surface area contributed by atoms with E-state index in [1.165, 1.54) is 13.2 Å². The van der Waals surface area contributed by atoms with E-state index in [-0.39, 0.29) is 74.1 Å². The Labute approximate surface area is 261 Å².